The molecule has 0 fully saturated rings. The lowest BCUT2D eigenvalue weighted by Gasteiger charge is -2.46. The zero-order chi connectivity index (χ0) is 14.1. The summed E-state index contributed by atoms with van der Waals surface area (Å²) < 4.78 is 2.66. The summed E-state index contributed by atoms with van der Waals surface area (Å²) in [6.45, 7) is 15.9. The highest BCUT2D eigenvalue weighted by Crippen LogP contribution is 2.28. The number of benzene rings is 1. The highest BCUT2D eigenvalue weighted by Gasteiger charge is 2.34. The quantitative estimate of drug-likeness (QED) is 0.603. The van der Waals surface area contributed by atoms with Crippen LogP contribution in [0.1, 0.15) is 17.3 Å². The van der Waals surface area contributed by atoms with Crippen LogP contribution in [0.3, 0.4) is 0 Å². The van der Waals surface area contributed by atoms with E-state index in [1.54, 1.807) is 6.92 Å². The minimum atomic E-state index is -1.40. The summed E-state index contributed by atoms with van der Waals surface area (Å²) in [4.78, 5) is 11.3. The predicted octanol–water partition coefficient (Wildman–Crippen LogP) is 4.37. The van der Waals surface area contributed by atoms with E-state index in [2.05, 4.69) is 55.6 Å². The van der Waals surface area contributed by atoms with Gasteiger partial charge in [-0.15, -0.1) is 0 Å². The number of carbonyl (C=O) groups is 1. The van der Waals surface area contributed by atoms with Crippen LogP contribution in [0.5, 0.6) is 0 Å². The normalized spacial score (nSPS) is 12.4. The maximum atomic E-state index is 11.3. The Morgan fingerprint density at radius 2 is 1.28 bits per heavy atom. The first-order valence-electron chi connectivity index (χ1n) is 6.45. The van der Waals surface area contributed by atoms with Crippen LogP contribution >= 0.6 is 0 Å². The van der Waals surface area contributed by atoms with E-state index in [9.17, 15) is 4.79 Å². The standard InChI is InChI=1S/C14H25NOSi2/c1-12(16)13-8-10-14(11-9-13)15(17(2,3)4)18(5,6)7/h8-11H,1-7H3. The van der Waals surface area contributed by atoms with Gasteiger partial charge in [-0.2, -0.15) is 0 Å². The fraction of sp³-hybridized carbons (Fsp3) is 0.500. The van der Waals surface area contributed by atoms with Gasteiger partial charge in [0.1, 0.15) is 16.5 Å². The molecule has 1 aromatic rings. The van der Waals surface area contributed by atoms with Gasteiger partial charge in [0.05, 0.1) is 0 Å². The maximum Gasteiger partial charge on any atom is 0.159 e. The van der Waals surface area contributed by atoms with Gasteiger partial charge in [0.2, 0.25) is 0 Å². The van der Waals surface area contributed by atoms with Gasteiger partial charge in [-0.05, 0) is 31.2 Å². The second-order valence-corrected chi connectivity index (χ2v) is 16.8. The molecular formula is C14H25NOSi2. The van der Waals surface area contributed by atoms with Gasteiger partial charge in [0.15, 0.2) is 5.78 Å². The second kappa shape index (κ2) is 5.01. The molecule has 0 unspecified atom stereocenters. The Morgan fingerprint density at radius 1 is 0.889 bits per heavy atom. The summed E-state index contributed by atoms with van der Waals surface area (Å²) in [6.07, 6.45) is 0. The number of ketones is 1. The lowest BCUT2D eigenvalue weighted by atomic mass is 10.1. The molecule has 0 spiro atoms. The molecule has 0 aliphatic carbocycles. The summed E-state index contributed by atoms with van der Waals surface area (Å²) in [6, 6.07) is 8.11. The van der Waals surface area contributed by atoms with Crippen LogP contribution in [0.15, 0.2) is 24.3 Å². The fourth-order valence-corrected chi connectivity index (χ4v) is 12.5. The maximum absolute atomic E-state index is 11.3. The molecular weight excluding hydrogens is 254 g/mol. The molecule has 2 nitrogen and oxygen atoms in total. The van der Waals surface area contributed by atoms with Crippen molar-refractivity contribution in [1.29, 1.82) is 0 Å². The first kappa shape index (κ1) is 15.2. The van der Waals surface area contributed by atoms with Crippen LogP contribution in [0, 0.1) is 0 Å². The molecule has 0 N–H and O–H groups in total. The molecule has 0 aliphatic rings. The van der Waals surface area contributed by atoms with E-state index < -0.39 is 16.5 Å². The van der Waals surface area contributed by atoms with Gasteiger partial charge in [0.25, 0.3) is 0 Å². The van der Waals surface area contributed by atoms with Crippen molar-refractivity contribution in [1.82, 2.24) is 0 Å². The van der Waals surface area contributed by atoms with Crippen molar-refractivity contribution in [2.45, 2.75) is 46.2 Å². The van der Waals surface area contributed by atoms with E-state index in [0.717, 1.165) is 5.56 Å². The van der Waals surface area contributed by atoms with E-state index >= 15 is 0 Å². The summed E-state index contributed by atoms with van der Waals surface area (Å²) in [5.74, 6) is 0.133. The summed E-state index contributed by atoms with van der Waals surface area (Å²) in [5, 5.41) is 0. The number of anilines is 1. The Hall–Kier alpha value is -0.876. The molecule has 0 aromatic heterocycles. The Morgan fingerprint density at radius 3 is 1.56 bits per heavy atom. The molecule has 18 heavy (non-hydrogen) atoms. The van der Waals surface area contributed by atoms with Crippen molar-refractivity contribution in [3.8, 4) is 0 Å². The third kappa shape index (κ3) is 3.56. The highest BCUT2D eigenvalue weighted by molar-refractivity contribution is 6.99. The van der Waals surface area contributed by atoms with E-state index in [1.165, 1.54) is 5.69 Å². The molecule has 1 aromatic carbocycles. The van der Waals surface area contributed by atoms with Crippen molar-refractivity contribution < 1.29 is 4.79 Å². The summed E-state index contributed by atoms with van der Waals surface area (Å²) >= 11 is 0. The topological polar surface area (TPSA) is 20.3 Å². The van der Waals surface area contributed by atoms with E-state index in [0.29, 0.717) is 0 Å². The Balaban J connectivity index is 3.20. The van der Waals surface area contributed by atoms with E-state index in [4.69, 9.17) is 0 Å². The third-order valence-corrected chi connectivity index (χ3v) is 10.1. The number of Topliss-reactive ketones (excluding diaryl/α,β-unsaturated/α-hetero) is 1. The van der Waals surface area contributed by atoms with Crippen LogP contribution in [-0.2, 0) is 0 Å². The first-order chi connectivity index (χ1) is 8.03. The monoisotopic (exact) mass is 279 g/mol. The molecule has 0 radical (unpaired) electrons. The number of nitrogens with zero attached hydrogens (tertiary/aromatic N) is 1. The van der Waals surface area contributed by atoms with Gasteiger partial charge in [0, 0.05) is 11.3 Å². The summed E-state index contributed by atoms with van der Waals surface area (Å²) in [7, 11) is -2.79. The van der Waals surface area contributed by atoms with Gasteiger partial charge < -0.3 is 4.23 Å². The molecule has 1 rings (SSSR count). The predicted molar refractivity (Wildman–Crippen MR) is 85.6 cm³/mol. The van der Waals surface area contributed by atoms with Crippen molar-refractivity contribution in [3.63, 3.8) is 0 Å². The minimum absolute atomic E-state index is 0.133. The van der Waals surface area contributed by atoms with Crippen LogP contribution in [-0.4, -0.2) is 22.3 Å². The van der Waals surface area contributed by atoms with Crippen molar-refractivity contribution in [2.24, 2.45) is 0 Å². The molecule has 0 aliphatic heterocycles. The molecule has 0 saturated carbocycles. The Kier molecular flexibility index (Phi) is 4.23. The zero-order valence-electron chi connectivity index (χ0n) is 12.7. The third-order valence-electron chi connectivity index (χ3n) is 2.87. The molecule has 0 amide bonds. The Bertz CT molecular complexity index is 413. The average molecular weight is 280 g/mol. The number of hydrogen-bond acceptors (Lipinski definition) is 2. The van der Waals surface area contributed by atoms with Gasteiger partial charge in [-0.1, -0.05) is 39.3 Å². The lowest BCUT2D eigenvalue weighted by molar-refractivity contribution is 0.101. The number of hydrogen-bond donors (Lipinski definition) is 0. The summed E-state index contributed by atoms with van der Waals surface area (Å²) in [5.41, 5.74) is 2.07. The highest BCUT2D eigenvalue weighted by atomic mass is 28.4. The Labute approximate surface area is 113 Å². The smallest absolute Gasteiger partial charge is 0.159 e. The van der Waals surface area contributed by atoms with Crippen molar-refractivity contribution >= 4 is 27.9 Å². The number of carbonyl (C=O) groups excluding carboxylic acids is 1. The van der Waals surface area contributed by atoms with Crippen LogP contribution < -0.4 is 4.23 Å². The molecule has 4 heteroatoms. The molecule has 0 heterocycles. The molecule has 100 valence electrons. The largest absolute Gasteiger partial charge is 0.425 e. The van der Waals surface area contributed by atoms with Crippen molar-refractivity contribution in [2.75, 3.05) is 4.23 Å². The number of rotatable bonds is 4. The fourth-order valence-electron chi connectivity index (χ4n) is 2.63. The van der Waals surface area contributed by atoms with Crippen LogP contribution in [0.25, 0.3) is 0 Å². The molecule has 0 bridgehead atoms. The van der Waals surface area contributed by atoms with Gasteiger partial charge >= 0.3 is 0 Å². The average Bonchev–Trinajstić information content (AvgIpc) is 2.13. The van der Waals surface area contributed by atoms with Crippen LogP contribution in [0.4, 0.5) is 5.69 Å². The molecule has 0 saturated heterocycles. The first-order valence-corrected chi connectivity index (χ1v) is 13.3. The van der Waals surface area contributed by atoms with Gasteiger partial charge in [-0.3, -0.25) is 4.79 Å². The van der Waals surface area contributed by atoms with Crippen LogP contribution in [0.2, 0.25) is 39.3 Å². The minimum Gasteiger partial charge on any atom is -0.425 e. The van der Waals surface area contributed by atoms with E-state index in [-0.39, 0.29) is 5.78 Å². The van der Waals surface area contributed by atoms with E-state index in [1.807, 2.05) is 12.1 Å². The zero-order valence-corrected chi connectivity index (χ0v) is 14.7. The molecule has 0 atom stereocenters. The van der Waals surface area contributed by atoms with Crippen molar-refractivity contribution in [3.05, 3.63) is 29.8 Å². The SMILES string of the molecule is CC(=O)c1ccc(N([Si](C)(C)C)[Si](C)(C)C)cc1. The van der Waals surface area contributed by atoms with Gasteiger partial charge in [-0.25, -0.2) is 0 Å². The second-order valence-electron chi connectivity index (χ2n) is 6.78. The lowest BCUT2D eigenvalue weighted by Crippen LogP contribution is -2.59.